The number of benzene rings is 2. The number of nitrogens with one attached hydrogen (secondary N) is 1. The summed E-state index contributed by atoms with van der Waals surface area (Å²) in [5.41, 5.74) is 2.34. The normalized spacial score (nSPS) is 14.5. The molecule has 0 saturated carbocycles. The molecule has 1 saturated heterocycles. The highest BCUT2D eigenvalue weighted by atomic mass is 19.1. The Hall–Kier alpha value is -3.48. The van der Waals surface area contributed by atoms with Gasteiger partial charge in [-0.3, -0.25) is 14.4 Å². The summed E-state index contributed by atoms with van der Waals surface area (Å²) >= 11 is 0. The predicted octanol–water partition coefficient (Wildman–Crippen LogP) is 4.18. The number of ether oxygens (including phenoxy) is 1. The molecule has 32 heavy (non-hydrogen) atoms. The van der Waals surface area contributed by atoms with Gasteiger partial charge in [-0.25, -0.2) is 4.39 Å². The summed E-state index contributed by atoms with van der Waals surface area (Å²) in [7, 11) is 1.50. The van der Waals surface area contributed by atoms with E-state index in [2.05, 4.69) is 4.98 Å². The van der Waals surface area contributed by atoms with E-state index in [-0.39, 0.29) is 17.3 Å². The van der Waals surface area contributed by atoms with Gasteiger partial charge in [0.15, 0.2) is 5.78 Å². The van der Waals surface area contributed by atoms with Gasteiger partial charge in [-0.15, -0.1) is 0 Å². The van der Waals surface area contributed by atoms with Crippen LogP contribution in [0.3, 0.4) is 0 Å². The molecule has 1 aliphatic heterocycles. The van der Waals surface area contributed by atoms with Crippen molar-refractivity contribution >= 4 is 28.4 Å². The molecule has 7 heteroatoms. The van der Waals surface area contributed by atoms with Gasteiger partial charge in [0.05, 0.1) is 18.2 Å². The molecule has 3 aromatic rings. The molecule has 1 amide bonds. The summed E-state index contributed by atoms with van der Waals surface area (Å²) in [5, 5.41) is 0.528. The molecule has 2 heterocycles. The van der Waals surface area contributed by atoms with Gasteiger partial charge in [-0.2, -0.15) is 0 Å². The fraction of sp³-hybridized carbons (Fsp3) is 0.320. The summed E-state index contributed by atoms with van der Waals surface area (Å²) in [6, 6.07) is 9.88. The average Bonchev–Trinajstić information content (AvgIpc) is 3.22. The van der Waals surface area contributed by atoms with Crippen LogP contribution in [0.25, 0.3) is 10.9 Å². The van der Waals surface area contributed by atoms with Crippen molar-refractivity contribution in [2.24, 2.45) is 5.92 Å². The topological polar surface area (TPSA) is 79.5 Å². The molecule has 1 aromatic heterocycles. The first kappa shape index (κ1) is 21.7. The Morgan fingerprint density at radius 2 is 1.78 bits per heavy atom. The van der Waals surface area contributed by atoms with Crippen LogP contribution in [0.15, 0.2) is 42.6 Å². The number of hydrogen-bond donors (Lipinski definition) is 1. The van der Waals surface area contributed by atoms with E-state index in [9.17, 15) is 18.8 Å². The molecule has 0 radical (unpaired) electrons. The maximum Gasteiger partial charge on any atom is 0.257 e. The number of hydrogen-bond acceptors (Lipinski definition) is 4. The number of methoxy groups -OCH3 is 1. The monoisotopic (exact) mass is 436 g/mol. The summed E-state index contributed by atoms with van der Waals surface area (Å²) in [6.07, 6.45) is 4.05. The van der Waals surface area contributed by atoms with Crippen molar-refractivity contribution in [2.75, 3.05) is 20.2 Å². The van der Waals surface area contributed by atoms with E-state index >= 15 is 0 Å². The van der Waals surface area contributed by atoms with E-state index in [1.54, 1.807) is 17.0 Å². The number of aromatic amines is 1. The van der Waals surface area contributed by atoms with Crippen LogP contribution in [-0.4, -0.2) is 47.6 Å². The minimum Gasteiger partial charge on any atom is -0.496 e. The van der Waals surface area contributed by atoms with Crippen molar-refractivity contribution in [3.63, 3.8) is 0 Å². The fourth-order valence-electron chi connectivity index (χ4n) is 4.33. The van der Waals surface area contributed by atoms with Crippen LogP contribution < -0.4 is 4.74 Å². The molecule has 4 rings (SSSR count). The molecule has 0 spiro atoms. The number of aromatic nitrogens is 1. The number of carbonyl (C=O) groups excluding carboxylic acids is 3. The van der Waals surface area contributed by atoms with Crippen LogP contribution in [-0.2, 0) is 11.2 Å². The Labute approximate surface area is 185 Å². The van der Waals surface area contributed by atoms with E-state index in [0.717, 1.165) is 24.8 Å². The van der Waals surface area contributed by atoms with Gasteiger partial charge >= 0.3 is 0 Å². The number of carbonyl (C=O) groups is 3. The van der Waals surface area contributed by atoms with E-state index in [1.807, 2.05) is 12.1 Å². The Morgan fingerprint density at radius 1 is 1.09 bits per heavy atom. The second-order valence-corrected chi connectivity index (χ2v) is 8.25. The average molecular weight is 436 g/mol. The molecule has 166 valence electrons. The minimum atomic E-state index is -0.596. The fourth-order valence-corrected chi connectivity index (χ4v) is 4.33. The molecule has 2 aromatic carbocycles. The largest absolute Gasteiger partial charge is 0.496 e. The van der Waals surface area contributed by atoms with Crippen LogP contribution in [0.1, 0.15) is 46.0 Å². The molecule has 6 nitrogen and oxygen atoms in total. The first-order valence-corrected chi connectivity index (χ1v) is 10.7. The number of H-pyrrole nitrogens is 1. The van der Waals surface area contributed by atoms with Crippen molar-refractivity contribution in [1.82, 2.24) is 9.88 Å². The number of rotatable bonds is 6. The third-order valence-corrected chi connectivity index (χ3v) is 6.14. The molecule has 1 fully saturated rings. The SMILES string of the molecule is COc1cc2[nH]cc(C(=O)C(C)=O)c2cc1C(=O)N1CCC(Cc2ccc(F)cc2)CC1. The quantitative estimate of drug-likeness (QED) is 0.464. The maximum absolute atomic E-state index is 13.3. The summed E-state index contributed by atoms with van der Waals surface area (Å²) in [5.74, 6) is -0.709. The van der Waals surface area contributed by atoms with Crippen molar-refractivity contribution in [1.29, 1.82) is 0 Å². The van der Waals surface area contributed by atoms with Gasteiger partial charge in [0, 0.05) is 43.2 Å². The highest BCUT2D eigenvalue weighted by Crippen LogP contribution is 2.31. The highest BCUT2D eigenvalue weighted by Gasteiger charge is 2.27. The third kappa shape index (κ3) is 4.28. The van der Waals surface area contributed by atoms with Gasteiger partial charge in [-0.1, -0.05) is 12.1 Å². The summed E-state index contributed by atoms with van der Waals surface area (Å²) < 4.78 is 18.6. The van der Waals surface area contributed by atoms with Crippen LogP contribution >= 0.6 is 0 Å². The van der Waals surface area contributed by atoms with Crippen LogP contribution in [0.2, 0.25) is 0 Å². The van der Waals surface area contributed by atoms with Crippen molar-refractivity contribution in [2.45, 2.75) is 26.2 Å². The molecular formula is C25H25FN2O4. The smallest absolute Gasteiger partial charge is 0.257 e. The zero-order valence-corrected chi connectivity index (χ0v) is 18.1. The Kier molecular flexibility index (Phi) is 6.08. The predicted molar refractivity (Wildman–Crippen MR) is 119 cm³/mol. The lowest BCUT2D eigenvalue weighted by atomic mass is 9.90. The number of ketones is 2. The third-order valence-electron chi connectivity index (χ3n) is 6.14. The zero-order valence-electron chi connectivity index (χ0n) is 18.1. The van der Waals surface area contributed by atoms with Crippen molar-refractivity contribution < 1.29 is 23.5 Å². The number of Topliss-reactive ketones (excluding diaryl/α,β-unsaturated/α-hetero) is 2. The van der Waals surface area contributed by atoms with Crippen molar-refractivity contribution in [3.8, 4) is 5.75 Å². The maximum atomic E-state index is 13.3. The molecule has 1 N–H and O–H groups in total. The minimum absolute atomic E-state index is 0.161. The number of halogens is 1. The molecule has 0 bridgehead atoms. The zero-order chi connectivity index (χ0) is 22.8. The molecule has 0 unspecified atom stereocenters. The van der Waals surface area contributed by atoms with Crippen LogP contribution in [0, 0.1) is 11.7 Å². The first-order valence-electron chi connectivity index (χ1n) is 10.7. The molecular weight excluding hydrogens is 411 g/mol. The molecule has 0 atom stereocenters. The standard InChI is InChI=1S/C25H25FN2O4/c1-15(29)24(30)21-14-27-22-13-23(32-2)20(12-19(21)22)25(31)28-9-7-17(8-10-28)11-16-3-5-18(26)6-4-16/h3-6,12-14,17,27H,7-11H2,1-2H3. The Balaban J connectivity index is 1.52. The van der Waals surface area contributed by atoms with Gasteiger partial charge in [-0.05, 0) is 48.9 Å². The summed E-state index contributed by atoms with van der Waals surface area (Å²) in [4.78, 5) is 41.9. The van der Waals surface area contributed by atoms with Crippen LogP contribution in [0.4, 0.5) is 4.39 Å². The van der Waals surface area contributed by atoms with E-state index < -0.39 is 11.6 Å². The Bertz CT molecular complexity index is 1170. The number of amides is 1. The van der Waals surface area contributed by atoms with E-state index in [4.69, 9.17) is 4.74 Å². The van der Waals surface area contributed by atoms with Gasteiger partial charge in [0.1, 0.15) is 11.6 Å². The molecule has 1 aliphatic rings. The van der Waals surface area contributed by atoms with Crippen molar-refractivity contribution in [3.05, 3.63) is 65.1 Å². The lowest BCUT2D eigenvalue weighted by molar-refractivity contribution is -0.113. The number of fused-ring (bicyclic) bond motifs is 1. The second kappa shape index (κ2) is 8.94. The molecule has 0 aliphatic carbocycles. The van der Waals surface area contributed by atoms with E-state index in [0.29, 0.717) is 41.2 Å². The van der Waals surface area contributed by atoms with Gasteiger partial charge in [0.25, 0.3) is 5.91 Å². The number of piperidine rings is 1. The number of likely N-dealkylation sites (tertiary alicyclic amines) is 1. The lowest BCUT2D eigenvalue weighted by Gasteiger charge is -2.32. The van der Waals surface area contributed by atoms with Gasteiger partial charge < -0.3 is 14.6 Å². The number of nitrogens with zero attached hydrogens (tertiary/aromatic N) is 1. The van der Waals surface area contributed by atoms with Crippen LogP contribution in [0.5, 0.6) is 5.75 Å². The summed E-state index contributed by atoms with van der Waals surface area (Å²) in [6.45, 7) is 2.45. The Morgan fingerprint density at radius 3 is 2.41 bits per heavy atom. The first-order chi connectivity index (χ1) is 15.4. The highest BCUT2D eigenvalue weighted by molar-refractivity contribution is 6.45. The van der Waals surface area contributed by atoms with Gasteiger partial charge in [0.2, 0.25) is 5.78 Å². The second-order valence-electron chi connectivity index (χ2n) is 8.25. The van der Waals surface area contributed by atoms with E-state index in [1.165, 1.54) is 32.4 Å². The lowest BCUT2D eigenvalue weighted by Crippen LogP contribution is -2.39.